The van der Waals surface area contributed by atoms with Crippen LogP contribution in [0.2, 0.25) is 0 Å². The standard InChI is InChI=1S/C14H13N3O2S/c1-10-5-7-12(20-10)14(19)17-16-13(18)8-6-11-4-2-3-9-15-11/h2-9H,1H3,(H,16,18)(H,17,19). The average molecular weight is 287 g/mol. The van der Waals surface area contributed by atoms with Crippen LogP contribution in [0.3, 0.4) is 0 Å². The molecule has 0 unspecified atom stereocenters. The van der Waals surface area contributed by atoms with Crippen molar-refractivity contribution in [2.24, 2.45) is 0 Å². The summed E-state index contributed by atoms with van der Waals surface area (Å²) < 4.78 is 0. The number of nitrogens with one attached hydrogen (secondary N) is 2. The van der Waals surface area contributed by atoms with Crippen LogP contribution in [0.5, 0.6) is 0 Å². The first kappa shape index (κ1) is 14.0. The largest absolute Gasteiger partial charge is 0.279 e. The van der Waals surface area contributed by atoms with Gasteiger partial charge in [0.25, 0.3) is 11.8 Å². The zero-order valence-electron chi connectivity index (χ0n) is 10.8. The van der Waals surface area contributed by atoms with E-state index in [4.69, 9.17) is 0 Å². The molecule has 2 rings (SSSR count). The molecule has 0 spiro atoms. The normalized spacial score (nSPS) is 10.4. The lowest BCUT2D eigenvalue weighted by Gasteiger charge is -2.02. The van der Waals surface area contributed by atoms with E-state index >= 15 is 0 Å². The smallest absolute Gasteiger partial charge is 0.268 e. The van der Waals surface area contributed by atoms with Crippen LogP contribution in [0.25, 0.3) is 6.08 Å². The van der Waals surface area contributed by atoms with Gasteiger partial charge in [0.1, 0.15) is 0 Å². The Kier molecular flexibility index (Phi) is 4.62. The summed E-state index contributed by atoms with van der Waals surface area (Å²) >= 11 is 1.37. The van der Waals surface area contributed by atoms with Gasteiger partial charge in [0.05, 0.1) is 10.6 Å². The molecule has 0 aliphatic rings. The molecule has 0 aliphatic carbocycles. The summed E-state index contributed by atoms with van der Waals surface area (Å²) in [6.45, 7) is 1.91. The molecule has 2 N–H and O–H groups in total. The number of hydrogen-bond donors (Lipinski definition) is 2. The molecule has 102 valence electrons. The van der Waals surface area contributed by atoms with Crippen molar-refractivity contribution >= 4 is 29.2 Å². The fourth-order valence-electron chi connectivity index (χ4n) is 1.41. The van der Waals surface area contributed by atoms with Crippen LogP contribution in [0.4, 0.5) is 0 Å². The highest BCUT2D eigenvalue weighted by Gasteiger charge is 2.07. The Balaban J connectivity index is 1.83. The van der Waals surface area contributed by atoms with E-state index < -0.39 is 5.91 Å². The summed E-state index contributed by atoms with van der Waals surface area (Å²) in [5, 5.41) is 0. The van der Waals surface area contributed by atoms with Crippen LogP contribution < -0.4 is 10.9 Å². The molecule has 0 saturated carbocycles. The second-order valence-corrected chi connectivity index (χ2v) is 5.23. The molecule has 2 amide bonds. The van der Waals surface area contributed by atoms with E-state index in [-0.39, 0.29) is 5.91 Å². The number of thiophene rings is 1. The van der Waals surface area contributed by atoms with Gasteiger partial charge in [-0.2, -0.15) is 0 Å². The Morgan fingerprint density at radius 2 is 2.05 bits per heavy atom. The minimum absolute atomic E-state index is 0.331. The fourth-order valence-corrected chi connectivity index (χ4v) is 2.18. The molecule has 5 nitrogen and oxygen atoms in total. The number of aryl methyl sites for hydroxylation is 1. The maximum atomic E-state index is 11.7. The second-order valence-electron chi connectivity index (χ2n) is 3.94. The third-order valence-corrected chi connectivity index (χ3v) is 3.36. The molecule has 2 aromatic rings. The Morgan fingerprint density at radius 1 is 1.20 bits per heavy atom. The zero-order valence-corrected chi connectivity index (χ0v) is 11.6. The van der Waals surface area contributed by atoms with Crippen LogP contribution in [0.15, 0.2) is 42.6 Å². The average Bonchev–Trinajstić information content (AvgIpc) is 2.90. The molecule has 0 bridgehead atoms. The van der Waals surface area contributed by atoms with Crippen molar-refractivity contribution in [1.29, 1.82) is 0 Å². The van der Waals surface area contributed by atoms with Crippen molar-refractivity contribution in [2.75, 3.05) is 0 Å². The fraction of sp³-hybridized carbons (Fsp3) is 0.0714. The molecule has 2 aromatic heterocycles. The summed E-state index contributed by atoms with van der Waals surface area (Å²) in [6.07, 6.45) is 4.51. The van der Waals surface area contributed by atoms with E-state index in [0.717, 1.165) is 4.88 Å². The van der Waals surface area contributed by atoms with Gasteiger partial charge < -0.3 is 0 Å². The Labute approximate surface area is 120 Å². The van der Waals surface area contributed by atoms with E-state index in [1.54, 1.807) is 30.5 Å². The van der Waals surface area contributed by atoms with Crippen molar-refractivity contribution in [2.45, 2.75) is 6.92 Å². The first-order valence-electron chi connectivity index (χ1n) is 5.91. The monoisotopic (exact) mass is 287 g/mol. The van der Waals surface area contributed by atoms with Crippen LogP contribution in [0.1, 0.15) is 20.2 Å². The van der Waals surface area contributed by atoms with E-state index in [1.165, 1.54) is 17.4 Å². The lowest BCUT2D eigenvalue weighted by atomic mass is 10.3. The lowest BCUT2D eigenvalue weighted by molar-refractivity contribution is -0.117. The highest BCUT2D eigenvalue weighted by molar-refractivity contribution is 7.13. The first-order chi connectivity index (χ1) is 9.65. The molecule has 0 aliphatic heterocycles. The van der Waals surface area contributed by atoms with Gasteiger partial charge in [-0.15, -0.1) is 11.3 Å². The highest BCUT2D eigenvalue weighted by atomic mass is 32.1. The van der Waals surface area contributed by atoms with E-state index in [1.807, 2.05) is 19.1 Å². The molecule has 20 heavy (non-hydrogen) atoms. The van der Waals surface area contributed by atoms with Crippen LogP contribution in [-0.2, 0) is 4.79 Å². The number of amides is 2. The minimum atomic E-state index is -0.419. The Morgan fingerprint density at radius 3 is 2.70 bits per heavy atom. The highest BCUT2D eigenvalue weighted by Crippen LogP contribution is 2.14. The topological polar surface area (TPSA) is 71.1 Å². The lowest BCUT2D eigenvalue weighted by Crippen LogP contribution is -2.40. The predicted molar refractivity (Wildman–Crippen MR) is 77.9 cm³/mol. The van der Waals surface area contributed by atoms with Gasteiger partial charge in [-0.1, -0.05) is 6.07 Å². The van der Waals surface area contributed by atoms with Crippen molar-refractivity contribution in [1.82, 2.24) is 15.8 Å². The molecule has 0 radical (unpaired) electrons. The Bertz CT molecular complexity index is 635. The number of carbonyl (C=O) groups excluding carboxylic acids is 2. The van der Waals surface area contributed by atoms with Gasteiger partial charge >= 0.3 is 0 Å². The molecule has 0 aromatic carbocycles. The van der Waals surface area contributed by atoms with Gasteiger partial charge in [0.2, 0.25) is 0 Å². The van der Waals surface area contributed by atoms with E-state index in [0.29, 0.717) is 10.6 Å². The number of rotatable bonds is 3. The summed E-state index contributed by atoms with van der Waals surface area (Å²) in [7, 11) is 0. The quantitative estimate of drug-likeness (QED) is 0.669. The van der Waals surface area contributed by atoms with Crippen LogP contribution in [-0.4, -0.2) is 16.8 Å². The molecule has 6 heteroatoms. The SMILES string of the molecule is Cc1ccc(C(=O)NNC(=O)C=Cc2ccccn2)s1. The van der Waals surface area contributed by atoms with Crippen molar-refractivity contribution < 1.29 is 9.59 Å². The summed E-state index contributed by atoms with van der Waals surface area (Å²) in [5.41, 5.74) is 5.33. The van der Waals surface area contributed by atoms with Crippen molar-refractivity contribution in [3.05, 3.63) is 58.1 Å². The predicted octanol–water partition coefficient (Wildman–Crippen LogP) is 1.93. The molecular formula is C14H13N3O2S. The van der Waals surface area contributed by atoms with Crippen molar-refractivity contribution in [3.63, 3.8) is 0 Å². The number of nitrogens with zero attached hydrogens (tertiary/aromatic N) is 1. The maximum absolute atomic E-state index is 11.7. The van der Waals surface area contributed by atoms with E-state index in [2.05, 4.69) is 15.8 Å². The number of hydrogen-bond acceptors (Lipinski definition) is 4. The van der Waals surface area contributed by atoms with Crippen molar-refractivity contribution in [3.8, 4) is 0 Å². The second kappa shape index (κ2) is 6.63. The van der Waals surface area contributed by atoms with Gasteiger partial charge in [-0.3, -0.25) is 25.4 Å². The van der Waals surface area contributed by atoms with Gasteiger partial charge in [-0.05, 0) is 37.3 Å². The molecule has 2 heterocycles. The number of aromatic nitrogens is 1. The summed E-state index contributed by atoms with van der Waals surface area (Å²) in [5.74, 6) is -0.750. The van der Waals surface area contributed by atoms with E-state index in [9.17, 15) is 9.59 Å². The summed E-state index contributed by atoms with van der Waals surface area (Å²) in [6, 6.07) is 8.95. The minimum Gasteiger partial charge on any atom is -0.268 e. The number of pyridine rings is 1. The van der Waals surface area contributed by atoms with Gasteiger partial charge in [0.15, 0.2) is 0 Å². The molecule has 0 fully saturated rings. The third-order valence-electron chi connectivity index (χ3n) is 2.36. The molecule has 0 saturated heterocycles. The van der Waals surface area contributed by atoms with Gasteiger partial charge in [0, 0.05) is 17.2 Å². The third kappa shape index (κ3) is 4.03. The van der Waals surface area contributed by atoms with Gasteiger partial charge in [-0.25, -0.2) is 0 Å². The summed E-state index contributed by atoms with van der Waals surface area (Å²) in [4.78, 5) is 28.8. The first-order valence-corrected chi connectivity index (χ1v) is 6.72. The number of carbonyl (C=O) groups is 2. The molecule has 0 atom stereocenters. The molecular weight excluding hydrogens is 274 g/mol. The Hall–Kier alpha value is -2.47. The maximum Gasteiger partial charge on any atom is 0.279 e. The number of hydrazine groups is 1. The zero-order chi connectivity index (χ0) is 14.4. The van der Waals surface area contributed by atoms with Crippen LogP contribution in [0, 0.1) is 6.92 Å². The van der Waals surface area contributed by atoms with Crippen LogP contribution >= 0.6 is 11.3 Å².